The van der Waals surface area contributed by atoms with Crippen molar-refractivity contribution in [1.29, 1.82) is 0 Å². The molecule has 0 amide bonds. The second kappa shape index (κ2) is 9.06. The molecule has 7 heteroatoms. The summed E-state index contributed by atoms with van der Waals surface area (Å²) in [7, 11) is 1.62. The van der Waals surface area contributed by atoms with Crippen LogP contribution >= 0.6 is 0 Å². The van der Waals surface area contributed by atoms with Gasteiger partial charge in [-0.05, 0) is 55.0 Å². The van der Waals surface area contributed by atoms with Gasteiger partial charge >= 0.3 is 0 Å². The molecule has 2 aromatic carbocycles. The molecule has 178 valence electrons. The Labute approximate surface area is 199 Å². The van der Waals surface area contributed by atoms with Gasteiger partial charge in [-0.3, -0.25) is 4.90 Å². The lowest BCUT2D eigenvalue weighted by atomic mass is 9.95. The minimum atomic E-state index is -0.581. The van der Waals surface area contributed by atoms with Crippen LogP contribution in [0.3, 0.4) is 0 Å². The van der Waals surface area contributed by atoms with Crippen LogP contribution in [0.15, 0.2) is 48.5 Å². The van der Waals surface area contributed by atoms with Gasteiger partial charge in [-0.1, -0.05) is 24.3 Å². The smallest absolute Gasteiger partial charge is 0.231 e. The van der Waals surface area contributed by atoms with Gasteiger partial charge in [0.25, 0.3) is 0 Å². The van der Waals surface area contributed by atoms with Crippen LogP contribution in [0, 0.1) is 0 Å². The molecule has 1 aromatic heterocycles. The van der Waals surface area contributed by atoms with E-state index < -0.39 is 6.10 Å². The molecule has 4 heterocycles. The van der Waals surface area contributed by atoms with Crippen molar-refractivity contribution >= 4 is 10.9 Å². The minimum Gasteiger partial charge on any atom is -0.481 e. The number of hydrogen-bond acceptors (Lipinski definition) is 7. The van der Waals surface area contributed by atoms with Gasteiger partial charge in [-0.25, -0.2) is 4.98 Å². The topological polar surface area (TPSA) is 76.1 Å². The second-order valence-electron chi connectivity index (χ2n) is 9.61. The lowest BCUT2D eigenvalue weighted by Crippen LogP contribution is -2.50. The van der Waals surface area contributed by atoms with Crippen molar-refractivity contribution in [2.24, 2.45) is 0 Å². The number of pyridine rings is 1. The highest BCUT2D eigenvalue weighted by Gasteiger charge is 2.41. The Morgan fingerprint density at radius 3 is 2.71 bits per heavy atom. The molecule has 3 aromatic rings. The first-order valence-corrected chi connectivity index (χ1v) is 12.2. The van der Waals surface area contributed by atoms with Crippen molar-refractivity contribution in [3.63, 3.8) is 0 Å². The van der Waals surface area contributed by atoms with Crippen molar-refractivity contribution in [3.05, 3.63) is 59.7 Å². The third-order valence-corrected chi connectivity index (χ3v) is 7.59. The van der Waals surface area contributed by atoms with Crippen LogP contribution in [0.2, 0.25) is 0 Å². The second-order valence-corrected chi connectivity index (χ2v) is 9.61. The number of nitrogens with one attached hydrogen (secondary N) is 1. The monoisotopic (exact) mass is 461 g/mol. The number of nitrogens with zero attached hydrogens (tertiary/aromatic N) is 2. The van der Waals surface area contributed by atoms with E-state index in [1.54, 1.807) is 7.11 Å². The molecule has 2 bridgehead atoms. The first-order chi connectivity index (χ1) is 16.7. The summed E-state index contributed by atoms with van der Waals surface area (Å²) < 4.78 is 16.3. The van der Waals surface area contributed by atoms with E-state index in [-0.39, 0.29) is 0 Å². The number of aliphatic hydroxyl groups excluding tert-OH is 1. The van der Waals surface area contributed by atoms with E-state index in [4.69, 9.17) is 14.2 Å². The number of benzene rings is 2. The molecule has 7 nitrogen and oxygen atoms in total. The molecule has 3 unspecified atom stereocenters. The highest BCUT2D eigenvalue weighted by molar-refractivity contribution is 5.83. The number of aliphatic hydroxyl groups is 1. The molecular formula is C27H31N3O4. The quantitative estimate of drug-likeness (QED) is 0.554. The summed E-state index contributed by atoms with van der Waals surface area (Å²) in [4.78, 5) is 7.06. The molecule has 2 N–H and O–H groups in total. The summed E-state index contributed by atoms with van der Waals surface area (Å²) in [5.74, 6) is 2.21. The van der Waals surface area contributed by atoms with Gasteiger partial charge in [0, 0.05) is 42.7 Å². The van der Waals surface area contributed by atoms with E-state index in [1.165, 1.54) is 18.4 Å². The third-order valence-electron chi connectivity index (χ3n) is 7.59. The van der Waals surface area contributed by atoms with Gasteiger partial charge in [-0.2, -0.15) is 0 Å². The Morgan fingerprint density at radius 1 is 1.09 bits per heavy atom. The van der Waals surface area contributed by atoms with Crippen LogP contribution in [0.1, 0.15) is 42.9 Å². The van der Waals surface area contributed by atoms with E-state index in [0.29, 0.717) is 37.3 Å². The van der Waals surface area contributed by atoms with Crippen LogP contribution in [-0.4, -0.2) is 53.6 Å². The zero-order chi connectivity index (χ0) is 23.1. The molecule has 3 aliphatic rings. The summed E-state index contributed by atoms with van der Waals surface area (Å²) in [5, 5.41) is 16.0. The highest BCUT2D eigenvalue weighted by Crippen LogP contribution is 2.38. The van der Waals surface area contributed by atoms with Crippen molar-refractivity contribution in [1.82, 2.24) is 15.2 Å². The minimum absolute atomic E-state index is 0.307. The van der Waals surface area contributed by atoms with Crippen molar-refractivity contribution in [2.75, 3.05) is 20.4 Å². The third kappa shape index (κ3) is 4.08. The highest BCUT2D eigenvalue weighted by atomic mass is 16.7. The summed E-state index contributed by atoms with van der Waals surface area (Å²) in [6, 6.07) is 17.5. The van der Waals surface area contributed by atoms with Crippen molar-refractivity contribution in [2.45, 2.75) is 56.5 Å². The van der Waals surface area contributed by atoms with Crippen LogP contribution in [0.25, 0.3) is 10.9 Å². The average Bonchev–Trinajstić information content (AvgIpc) is 3.42. The number of methoxy groups -OCH3 is 1. The SMILES string of the molecule is COc1cc(C(O)CN2C3CCC2CC(NCc2ccc4c(c2)OCO4)C3)c2ccccc2n1. The Bertz CT molecular complexity index is 1170. The number of ether oxygens (including phenoxy) is 3. The van der Waals surface area contributed by atoms with Gasteiger partial charge in [0.15, 0.2) is 11.5 Å². The molecule has 0 spiro atoms. The Hall–Kier alpha value is -2.87. The van der Waals surface area contributed by atoms with E-state index in [0.717, 1.165) is 47.4 Å². The number of fused-ring (bicyclic) bond motifs is 4. The van der Waals surface area contributed by atoms with Gasteiger partial charge in [0.05, 0.1) is 18.7 Å². The van der Waals surface area contributed by atoms with Gasteiger partial charge < -0.3 is 24.6 Å². The van der Waals surface area contributed by atoms with Crippen LogP contribution < -0.4 is 19.5 Å². The molecule has 0 saturated carbocycles. The maximum atomic E-state index is 11.3. The van der Waals surface area contributed by atoms with Gasteiger partial charge in [0.1, 0.15) is 0 Å². The predicted molar refractivity (Wildman–Crippen MR) is 129 cm³/mol. The largest absolute Gasteiger partial charge is 0.481 e. The maximum Gasteiger partial charge on any atom is 0.231 e. The summed E-state index contributed by atoms with van der Waals surface area (Å²) in [5.41, 5.74) is 2.96. The normalized spacial score (nSPS) is 24.5. The standard InChI is InChI=1S/C27H31N3O4/c1-32-27-13-22(21-4-2-3-5-23(21)29-27)24(31)15-30-19-7-8-20(30)12-18(11-19)28-14-17-6-9-25-26(10-17)34-16-33-25/h2-6,9-10,13,18-20,24,28,31H,7-8,11-12,14-16H2,1H3. The number of hydrogen-bond donors (Lipinski definition) is 2. The van der Waals surface area contributed by atoms with Gasteiger partial charge in [0.2, 0.25) is 12.7 Å². The maximum absolute atomic E-state index is 11.3. The predicted octanol–water partition coefficient (Wildman–Crippen LogP) is 3.79. The first kappa shape index (κ1) is 21.6. The Morgan fingerprint density at radius 2 is 1.88 bits per heavy atom. The lowest BCUT2D eigenvalue weighted by molar-refractivity contribution is 0.0521. The summed E-state index contributed by atoms with van der Waals surface area (Å²) in [6.07, 6.45) is 4.02. The molecular weight excluding hydrogens is 430 g/mol. The number of rotatable bonds is 7. The van der Waals surface area contributed by atoms with E-state index in [9.17, 15) is 5.11 Å². The first-order valence-electron chi connectivity index (χ1n) is 12.2. The van der Waals surface area contributed by atoms with Gasteiger partial charge in [-0.15, -0.1) is 0 Å². The molecule has 3 atom stereocenters. The van der Waals surface area contributed by atoms with Crippen LogP contribution in [0.5, 0.6) is 17.4 Å². The number of aromatic nitrogens is 1. The average molecular weight is 462 g/mol. The van der Waals surface area contributed by atoms with E-state index in [1.807, 2.05) is 36.4 Å². The Kier molecular flexibility index (Phi) is 5.77. The molecule has 34 heavy (non-hydrogen) atoms. The zero-order valence-corrected chi connectivity index (χ0v) is 19.4. The molecule has 0 aliphatic carbocycles. The summed E-state index contributed by atoms with van der Waals surface area (Å²) in [6.45, 7) is 1.77. The number of piperidine rings is 1. The number of para-hydroxylation sites is 1. The van der Waals surface area contributed by atoms with Crippen molar-refractivity contribution in [3.8, 4) is 17.4 Å². The summed E-state index contributed by atoms with van der Waals surface area (Å²) >= 11 is 0. The Balaban J connectivity index is 1.11. The molecule has 3 aliphatic heterocycles. The van der Waals surface area contributed by atoms with Crippen LogP contribution in [0.4, 0.5) is 0 Å². The fraction of sp³-hybridized carbons (Fsp3) is 0.444. The zero-order valence-electron chi connectivity index (χ0n) is 19.4. The van der Waals surface area contributed by atoms with Crippen LogP contribution in [-0.2, 0) is 6.54 Å². The van der Waals surface area contributed by atoms with Crippen molar-refractivity contribution < 1.29 is 19.3 Å². The molecule has 2 fully saturated rings. The molecule has 2 saturated heterocycles. The fourth-order valence-electron chi connectivity index (χ4n) is 5.91. The van der Waals surface area contributed by atoms with E-state index >= 15 is 0 Å². The van der Waals surface area contributed by atoms with E-state index in [2.05, 4.69) is 27.3 Å². The molecule has 0 radical (unpaired) electrons. The fourth-order valence-corrected chi connectivity index (χ4v) is 5.91. The lowest BCUT2D eigenvalue weighted by Gasteiger charge is -2.40. The molecule has 6 rings (SSSR count).